The molecule has 0 amide bonds. The van der Waals surface area contributed by atoms with Crippen molar-refractivity contribution in [1.82, 2.24) is 0 Å². The molecule has 2 heteroatoms. The Balaban J connectivity index is 2.24. The van der Waals surface area contributed by atoms with Crippen molar-refractivity contribution in [3.8, 4) is 5.75 Å². The molecule has 0 aromatic heterocycles. The maximum atomic E-state index is 5.51. The predicted octanol–water partition coefficient (Wildman–Crippen LogP) is 0.645. The van der Waals surface area contributed by atoms with Gasteiger partial charge in [-0.05, 0) is 0 Å². The predicted molar refractivity (Wildman–Crippen MR) is 63.6 cm³/mol. The van der Waals surface area contributed by atoms with Gasteiger partial charge in [0.25, 0.3) is 0 Å². The minimum atomic E-state index is 0.247. The fraction of sp³-hybridized carbons (Fsp3) is 0.571. The van der Waals surface area contributed by atoms with Crippen molar-refractivity contribution < 1.29 is 25.9 Å². The standard InChI is InChI=1S/C14H20IO/c1-15-14(11-7-3-4-8-11)12-9-5-6-10-13(12)16-2/h5-6,9-11,14H,3-4,7-8H2,1-2H3/q-1. The molecule has 0 bridgehead atoms. The monoisotopic (exact) mass is 331 g/mol. The molecule has 0 aliphatic heterocycles. The third-order valence-electron chi connectivity index (χ3n) is 3.48. The summed E-state index contributed by atoms with van der Waals surface area (Å²) in [5.41, 5.74) is 1.47. The first-order valence-corrected chi connectivity index (χ1v) is 9.38. The number of hydrogen-bond acceptors (Lipinski definition) is 1. The quantitative estimate of drug-likeness (QED) is 0.581. The van der Waals surface area contributed by atoms with E-state index in [1.165, 1.54) is 31.2 Å². The van der Waals surface area contributed by atoms with Crippen LogP contribution in [0.4, 0.5) is 0 Å². The zero-order valence-corrected chi connectivity index (χ0v) is 12.2. The first-order chi connectivity index (χ1) is 7.86. The third-order valence-corrected chi connectivity index (χ3v) is 6.51. The fourth-order valence-corrected chi connectivity index (χ4v) is 5.62. The van der Waals surface area contributed by atoms with Crippen LogP contribution in [0.5, 0.6) is 5.75 Å². The van der Waals surface area contributed by atoms with Gasteiger partial charge in [0, 0.05) is 0 Å². The Labute approximate surface area is 109 Å². The summed E-state index contributed by atoms with van der Waals surface area (Å²) >= 11 is 0.247. The normalized spacial score (nSPS) is 18.9. The van der Waals surface area contributed by atoms with Gasteiger partial charge < -0.3 is 0 Å². The molecule has 1 aromatic rings. The van der Waals surface area contributed by atoms with Gasteiger partial charge in [0.15, 0.2) is 0 Å². The summed E-state index contributed by atoms with van der Waals surface area (Å²) < 4.78 is 6.31. The van der Waals surface area contributed by atoms with Gasteiger partial charge in [0.05, 0.1) is 0 Å². The van der Waals surface area contributed by atoms with Gasteiger partial charge in [0.1, 0.15) is 0 Å². The van der Waals surface area contributed by atoms with Gasteiger partial charge in [-0.1, -0.05) is 0 Å². The van der Waals surface area contributed by atoms with E-state index in [9.17, 15) is 0 Å². The topological polar surface area (TPSA) is 9.23 Å². The SMILES string of the molecule is COc1ccccc1C([I-]C)C1CCCC1. The van der Waals surface area contributed by atoms with E-state index >= 15 is 0 Å². The Hall–Kier alpha value is -0.250. The van der Waals surface area contributed by atoms with Crippen LogP contribution in [0.3, 0.4) is 0 Å². The van der Waals surface area contributed by atoms with Crippen molar-refractivity contribution in [2.45, 2.75) is 29.6 Å². The maximum absolute atomic E-state index is 5.51. The van der Waals surface area contributed by atoms with Crippen molar-refractivity contribution in [3.63, 3.8) is 0 Å². The van der Waals surface area contributed by atoms with E-state index in [2.05, 4.69) is 29.2 Å². The molecule has 1 unspecified atom stereocenters. The van der Waals surface area contributed by atoms with Gasteiger partial charge in [0.2, 0.25) is 0 Å². The number of methoxy groups -OCH3 is 1. The Morgan fingerprint density at radius 3 is 2.56 bits per heavy atom. The average molecular weight is 331 g/mol. The molecule has 0 spiro atoms. The molecule has 0 heterocycles. The molecule has 1 atom stereocenters. The first-order valence-electron chi connectivity index (χ1n) is 5.97. The number of para-hydroxylation sites is 1. The van der Waals surface area contributed by atoms with Crippen molar-refractivity contribution in [3.05, 3.63) is 29.8 Å². The molecule has 0 radical (unpaired) electrons. The zero-order chi connectivity index (χ0) is 11.4. The Morgan fingerprint density at radius 2 is 1.94 bits per heavy atom. The van der Waals surface area contributed by atoms with Crippen LogP contribution < -0.4 is 25.9 Å². The summed E-state index contributed by atoms with van der Waals surface area (Å²) in [5, 5.41) is 0. The molecule has 0 saturated heterocycles. The number of ether oxygens (including phenoxy) is 1. The second-order valence-electron chi connectivity index (χ2n) is 4.41. The van der Waals surface area contributed by atoms with Crippen molar-refractivity contribution in [2.75, 3.05) is 12.0 Å². The molecule has 1 aliphatic rings. The fourth-order valence-electron chi connectivity index (χ4n) is 2.69. The summed E-state index contributed by atoms with van der Waals surface area (Å²) in [4.78, 5) is 2.41. The molecule has 2 rings (SSSR count). The Morgan fingerprint density at radius 1 is 1.25 bits per heavy atom. The van der Waals surface area contributed by atoms with E-state index in [4.69, 9.17) is 4.74 Å². The molecular weight excluding hydrogens is 311 g/mol. The molecule has 90 valence electrons. The molecule has 1 fully saturated rings. The van der Waals surface area contributed by atoms with E-state index in [0.717, 1.165) is 15.6 Å². The molecule has 1 saturated carbocycles. The van der Waals surface area contributed by atoms with Gasteiger partial charge in [-0.25, -0.2) is 0 Å². The van der Waals surface area contributed by atoms with Crippen molar-refractivity contribution in [1.29, 1.82) is 0 Å². The number of benzene rings is 1. The molecule has 0 N–H and O–H groups in total. The average Bonchev–Trinajstić information content (AvgIpc) is 2.84. The second kappa shape index (κ2) is 5.89. The molecular formula is C14H20IO-. The molecule has 1 aromatic carbocycles. The van der Waals surface area contributed by atoms with Gasteiger partial charge in [-0.15, -0.1) is 0 Å². The second-order valence-corrected chi connectivity index (χ2v) is 6.99. The first kappa shape index (κ1) is 12.2. The number of hydrogen-bond donors (Lipinski definition) is 0. The van der Waals surface area contributed by atoms with Crippen LogP contribution in [-0.4, -0.2) is 12.0 Å². The molecule has 1 aliphatic carbocycles. The Bertz CT molecular complexity index is 331. The van der Waals surface area contributed by atoms with Crippen molar-refractivity contribution in [2.24, 2.45) is 5.92 Å². The van der Waals surface area contributed by atoms with E-state index in [1.807, 2.05) is 0 Å². The Kier molecular flexibility index (Phi) is 4.50. The number of halogens is 1. The minimum absolute atomic E-state index is 0.247. The third kappa shape index (κ3) is 2.53. The number of alkyl halides is 2. The van der Waals surface area contributed by atoms with E-state index < -0.39 is 0 Å². The summed E-state index contributed by atoms with van der Waals surface area (Å²) in [6.45, 7) is 0. The summed E-state index contributed by atoms with van der Waals surface area (Å²) in [6, 6.07) is 8.60. The van der Waals surface area contributed by atoms with Gasteiger partial charge in [-0.3, -0.25) is 0 Å². The van der Waals surface area contributed by atoms with Crippen LogP contribution in [0, 0.1) is 5.92 Å². The van der Waals surface area contributed by atoms with E-state index in [1.54, 1.807) is 7.11 Å². The van der Waals surface area contributed by atoms with Crippen LogP contribution >= 0.6 is 0 Å². The van der Waals surface area contributed by atoms with Crippen LogP contribution in [0.15, 0.2) is 24.3 Å². The van der Waals surface area contributed by atoms with Crippen LogP contribution in [0.2, 0.25) is 0 Å². The summed E-state index contributed by atoms with van der Waals surface area (Å²) in [5.74, 6) is 2.02. The zero-order valence-electron chi connectivity index (χ0n) is 10.1. The molecule has 16 heavy (non-hydrogen) atoms. The van der Waals surface area contributed by atoms with Gasteiger partial charge in [-0.2, -0.15) is 0 Å². The van der Waals surface area contributed by atoms with Gasteiger partial charge >= 0.3 is 109 Å². The van der Waals surface area contributed by atoms with E-state index in [-0.39, 0.29) is 21.2 Å². The van der Waals surface area contributed by atoms with Crippen LogP contribution in [0.1, 0.15) is 35.2 Å². The molecule has 1 nitrogen and oxygen atoms in total. The van der Waals surface area contributed by atoms with Crippen LogP contribution in [-0.2, 0) is 0 Å². The summed E-state index contributed by atoms with van der Waals surface area (Å²) in [7, 11) is 1.79. The van der Waals surface area contributed by atoms with Crippen LogP contribution in [0.25, 0.3) is 0 Å². The van der Waals surface area contributed by atoms with Crippen molar-refractivity contribution >= 4 is 0 Å². The summed E-state index contributed by atoms with van der Waals surface area (Å²) in [6.07, 6.45) is 5.71. The number of rotatable bonds is 4. The van der Waals surface area contributed by atoms with E-state index in [0.29, 0.717) is 0 Å².